The van der Waals surface area contributed by atoms with E-state index < -0.39 is 10.8 Å². The number of rotatable bonds is 7. The molecule has 0 aliphatic carbocycles. The number of nitro benzene ring substituents is 1. The highest BCUT2D eigenvalue weighted by Crippen LogP contribution is 2.26. The van der Waals surface area contributed by atoms with Crippen molar-refractivity contribution in [3.8, 4) is 17.1 Å². The van der Waals surface area contributed by atoms with Gasteiger partial charge in [0.2, 0.25) is 0 Å². The summed E-state index contributed by atoms with van der Waals surface area (Å²) in [4.78, 5) is 22.4. The first kappa shape index (κ1) is 20.8. The maximum absolute atomic E-state index is 12.0. The molecule has 30 heavy (non-hydrogen) atoms. The molecular weight excluding hydrogens is 386 g/mol. The molecule has 1 aromatic heterocycles. The average molecular weight is 407 g/mol. The number of benzene rings is 2. The van der Waals surface area contributed by atoms with Crippen LogP contribution >= 0.6 is 0 Å². The van der Waals surface area contributed by atoms with Crippen LogP contribution in [0.5, 0.6) is 5.75 Å². The van der Waals surface area contributed by atoms with Crippen LogP contribution in [0.2, 0.25) is 0 Å². The third kappa shape index (κ3) is 4.91. The van der Waals surface area contributed by atoms with Crippen LogP contribution < -0.4 is 10.2 Å². The predicted octanol–water partition coefficient (Wildman–Crippen LogP) is 4.31. The molecule has 0 atom stereocenters. The number of carbonyl (C=O) groups excluding carboxylic acids is 1. The van der Waals surface area contributed by atoms with Gasteiger partial charge in [-0.3, -0.25) is 14.9 Å². The Bertz CT molecular complexity index is 1120. The summed E-state index contributed by atoms with van der Waals surface area (Å²) in [6.45, 7) is 5.69. The van der Waals surface area contributed by atoms with Crippen molar-refractivity contribution < 1.29 is 18.9 Å². The standard InChI is InChI=1S/C22H21N3O5/c1-14-7-8-15(2)22(16(14)3)29-13-21(26)24-23-12-19-9-10-20(30-19)17-5-4-6-18(11-17)25(27)28/h4-12H,13H2,1-3H3,(H,24,26)/b23-12-. The minimum absolute atomic E-state index is 0.0227. The molecule has 0 fully saturated rings. The molecule has 0 aliphatic rings. The maximum Gasteiger partial charge on any atom is 0.277 e. The Morgan fingerprint density at radius 1 is 1.17 bits per heavy atom. The van der Waals surface area contributed by atoms with Crippen molar-refractivity contribution in [2.75, 3.05) is 6.61 Å². The number of hydrogen-bond acceptors (Lipinski definition) is 6. The highest BCUT2D eigenvalue weighted by Gasteiger charge is 2.11. The summed E-state index contributed by atoms with van der Waals surface area (Å²) in [7, 11) is 0. The minimum atomic E-state index is -0.466. The number of amides is 1. The summed E-state index contributed by atoms with van der Waals surface area (Å²) in [6.07, 6.45) is 1.35. The lowest BCUT2D eigenvalue weighted by Gasteiger charge is -2.13. The first-order chi connectivity index (χ1) is 14.3. The van der Waals surface area contributed by atoms with Crippen molar-refractivity contribution in [1.29, 1.82) is 0 Å². The highest BCUT2D eigenvalue weighted by atomic mass is 16.6. The second-order valence-corrected chi connectivity index (χ2v) is 6.74. The number of hydrazone groups is 1. The van der Waals surface area contributed by atoms with E-state index in [4.69, 9.17) is 9.15 Å². The third-order valence-electron chi connectivity index (χ3n) is 4.57. The van der Waals surface area contributed by atoms with Gasteiger partial charge in [0.25, 0.3) is 11.6 Å². The Morgan fingerprint density at radius 2 is 1.93 bits per heavy atom. The molecule has 0 unspecified atom stereocenters. The van der Waals surface area contributed by atoms with E-state index in [1.807, 2.05) is 32.9 Å². The zero-order valence-electron chi connectivity index (χ0n) is 16.8. The van der Waals surface area contributed by atoms with Crippen LogP contribution in [-0.4, -0.2) is 23.7 Å². The quantitative estimate of drug-likeness (QED) is 0.357. The molecule has 3 aromatic rings. The fourth-order valence-corrected chi connectivity index (χ4v) is 2.84. The Hall–Kier alpha value is -3.94. The molecule has 8 nitrogen and oxygen atoms in total. The summed E-state index contributed by atoms with van der Waals surface area (Å²) in [5.74, 6) is 1.14. The number of aryl methyl sites for hydroxylation is 2. The van der Waals surface area contributed by atoms with E-state index in [2.05, 4.69) is 10.5 Å². The van der Waals surface area contributed by atoms with Gasteiger partial charge in [-0.25, -0.2) is 5.43 Å². The molecule has 1 amide bonds. The Labute approximate surface area is 173 Å². The van der Waals surface area contributed by atoms with Crippen molar-refractivity contribution in [3.63, 3.8) is 0 Å². The monoisotopic (exact) mass is 407 g/mol. The van der Waals surface area contributed by atoms with Crippen molar-refractivity contribution >= 4 is 17.8 Å². The number of non-ortho nitro benzene ring substituents is 1. The van der Waals surface area contributed by atoms with Gasteiger partial charge in [0.1, 0.15) is 17.3 Å². The van der Waals surface area contributed by atoms with E-state index in [1.54, 1.807) is 24.3 Å². The normalized spacial score (nSPS) is 10.9. The van der Waals surface area contributed by atoms with Gasteiger partial charge in [0.05, 0.1) is 11.1 Å². The fraction of sp³-hybridized carbons (Fsp3) is 0.182. The summed E-state index contributed by atoms with van der Waals surface area (Å²) in [6, 6.07) is 13.4. The van der Waals surface area contributed by atoms with Crippen LogP contribution in [0.3, 0.4) is 0 Å². The zero-order chi connectivity index (χ0) is 21.7. The van der Waals surface area contributed by atoms with Gasteiger partial charge >= 0.3 is 0 Å². The average Bonchev–Trinajstić information content (AvgIpc) is 3.20. The van der Waals surface area contributed by atoms with Crippen LogP contribution in [0.4, 0.5) is 5.69 Å². The smallest absolute Gasteiger partial charge is 0.277 e. The van der Waals surface area contributed by atoms with E-state index in [0.717, 1.165) is 16.7 Å². The van der Waals surface area contributed by atoms with Gasteiger partial charge in [-0.2, -0.15) is 5.10 Å². The summed E-state index contributed by atoms with van der Waals surface area (Å²) >= 11 is 0. The number of nitrogens with zero attached hydrogens (tertiary/aromatic N) is 2. The number of hydrogen-bond donors (Lipinski definition) is 1. The van der Waals surface area contributed by atoms with Gasteiger partial charge in [0, 0.05) is 17.7 Å². The first-order valence-corrected chi connectivity index (χ1v) is 9.21. The van der Waals surface area contributed by atoms with E-state index in [9.17, 15) is 14.9 Å². The van der Waals surface area contributed by atoms with Crippen LogP contribution in [0.25, 0.3) is 11.3 Å². The molecule has 0 saturated carbocycles. The largest absolute Gasteiger partial charge is 0.483 e. The van der Waals surface area contributed by atoms with Gasteiger partial charge in [-0.05, 0) is 49.6 Å². The SMILES string of the molecule is Cc1ccc(C)c(OCC(=O)N/N=C\c2ccc(-c3cccc([N+](=O)[O-])c3)o2)c1C. The van der Waals surface area contributed by atoms with Gasteiger partial charge in [0.15, 0.2) is 6.61 Å². The molecule has 0 spiro atoms. The molecule has 154 valence electrons. The third-order valence-corrected chi connectivity index (χ3v) is 4.57. The lowest BCUT2D eigenvalue weighted by molar-refractivity contribution is -0.384. The van der Waals surface area contributed by atoms with Crippen LogP contribution in [0.15, 0.2) is 58.0 Å². The topological polar surface area (TPSA) is 107 Å². The first-order valence-electron chi connectivity index (χ1n) is 9.21. The van der Waals surface area contributed by atoms with E-state index in [1.165, 1.54) is 18.3 Å². The van der Waals surface area contributed by atoms with Gasteiger partial charge < -0.3 is 9.15 Å². The number of nitro groups is 1. The van der Waals surface area contributed by atoms with Gasteiger partial charge in [-0.15, -0.1) is 0 Å². The second-order valence-electron chi connectivity index (χ2n) is 6.74. The molecule has 0 saturated heterocycles. The summed E-state index contributed by atoms with van der Waals surface area (Å²) in [5.41, 5.74) is 5.98. The van der Waals surface area contributed by atoms with Gasteiger partial charge in [-0.1, -0.05) is 24.3 Å². The molecule has 2 aromatic carbocycles. The minimum Gasteiger partial charge on any atom is -0.483 e. The lowest BCUT2D eigenvalue weighted by atomic mass is 10.1. The number of furan rings is 1. The zero-order valence-corrected chi connectivity index (χ0v) is 16.8. The fourth-order valence-electron chi connectivity index (χ4n) is 2.84. The lowest BCUT2D eigenvalue weighted by Crippen LogP contribution is -2.25. The van der Waals surface area contributed by atoms with Crippen molar-refractivity contribution in [2.45, 2.75) is 20.8 Å². The summed E-state index contributed by atoms with van der Waals surface area (Å²) < 4.78 is 11.2. The number of carbonyl (C=O) groups is 1. The van der Waals surface area contributed by atoms with Crippen LogP contribution in [0.1, 0.15) is 22.5 Å². The summed E-state index contributed by atoms with van der Waals surface area (Å²) in [5, 5.41) is 14.8. The molecule has 3 rings (SSSR count). The molecule has 1 N–H and O–H groups in total. The Kier molecular flexibility index (Phi) is 6.26. The number of ether oxygens (including phenoxy) is 1. The Morgan fingerprint density at radius 3 is 2.70 bits per heavy atom. The van der Waals surface area contributed by atoms with E-state index in [0.29, 0.717) is 22.8 Å². The maximum atomic E-state index is 12.0. The molecule has 0 radical (unpaired) electrons. The van der Waals surface area contributed by atoms with Crippen molar-refractivity contribution in [1.82, 2.24) is 5.43 Å². The van der Waals surface area contributed by atoms with Crippen molar-refractivity contribution in [3.05, 3.63) is 81.1 Å². The molecule has 0 aliphatic heterocycles. The second kappa shape index (κ2) is 9.04. The molecular formula is C22H21N3O5. The van der Waals surface area contributed by atoms with E-state index in [-0.39, 0.29) is 12.3 Å². The van der Waals surface area contributed by atoms with E-state index >= 15 is 0 Å². The highest BCUT2D eigenvalue weighted by molar-refractivity contribution is 5.81. The molecule has 0 bridgehead atoms. The number of nitrogens with one attached hydrogen (secondary N) is 1. The van der Waals surface area contributed by atoms with Crippen LogP contribution in [0, 0.1) is 30.9 Å². The van der Waals surface area contributed by atoms with Crippen molar-refractivity contribution in [2.24, 2.45) is 5.10 Å². The Balaban J connectivity index is 1.57. The molecule has 1 heterocycles. The molecule has 8 heteroatoms. The predicted molar refractivity (Wildman–Crippen MR) is 113 cm³/mol. The van der Waals surface area contributed by atoms with Crippen LogP contribution in [-0.2, 0) is 4.79 Å².